The Morgan fingerprint density at radius 1 is 1.29 bits per heavy atom. The van der Waals surface area contributed by atoms with E-state index in [1.165, 1.54) is 12.8 Å². The highest BCUT2D eigenvalue weighted by Gasteiger charge is 2.17. The van der Waals surface area contributed by atoms with Crippen LogP contribution in [0.5, 0.6) is 0 Å². The van der Waals surface area contributed by atoms with Gasteiger partial charge in [0.25, 0.3) is 0 Å². The number of amides is 2. The van der Waals surface area contributed by atoms with Crippen molar-refractivity contribution in [1.29, 1.82) is 0 Å². The third-order valence-corrected chi connectivity index (χ3v) is 4.22. The second kappa shape index (κ2) is 10.3. The molecule has 0 spiro atoms. The number of rotatable bonds is 9. The summed E-state index contributed by atoms with van der Waals surface area (Å²) in [4.78, 5) is 16.8. The number of nitrogens with zero attached hydrogens (tertiary/aromatic N) is 3. The largest absolute Gasteiger partial charge is 0.379 e. The van der Waals surface area contributed by atoms with Crippen molar-refractivity contribution in [3.8, 4) is 0 Å². The number of urea groups is 1. The number of hydrogen-bond donors (Lipinski definition) is 1. The van der Waals surface area contributed by atoms with Crippen molar-refractivity contribution in [2.24, 2.45) is 0 Å². The quantitative estimate of drug-likeness (QED) is 0.701. The first-order chi connectivity index (χ1) is 11.7. The molecule has 2 heterocycles. The monoisotopic (exact) mass is 338 g/mol. The number of hydrogen-bond acceptors (Lipinski definition) is 5. The zero-order valence-corrected chi connectivity index (χ0v) is 14.9. The highest BCUT2D eigenvalue weighted by Crippen LogP contribution is 2.10. The van der Waals surface area contributed by atoms with Crippen LogP contribution in [-0.2, 0) is 4.74 Å². The third kappa shape index (κ3) is 6.49. The van der Waals surface area contributed by atoms with Crippen molar-refractivity contribution >= 4 is 11.8 Å². The summed E-state index contributed by atoms with van der Waals surface area (Å²) in [7, 11) is 0. The van der Waals surface area contributed by atoms with Crippen LogP contribution in [0.1, 0.15) is 38.4 Å². The summed E-state index contributed by atoms with van der Waals surface area (Å²) in [5, 5.41) is 6.67. The molecule has 136 valence electrons. The van der Waals surface area contributed by atoms with Crippen LogP contribution in [-0.4, -0.2) is 66.9 Å². The molecule has 0 atom stereocenters. The van der Waals surface area contributed by atoms with E-state index in [1.807, 2.05) is 11.8 Å². The minimum Gasteiger partial charge on any atom is -0.379 e. The van der Waals surface area contributed by atoms with Crippen molar-refractivity contribution in [3.63, 3.8) is 0 Å². The molecule has 1 aliphatic rings. The molecule has 7 nitrogen and oxygen atoms in total. The van der Waals surface area contributed by atoms with Gasteiger partial charge in [-0.3, -0.25) is 10.2 Å². The van der Waals surface area contributed by atoms with Gasteiger partial charge in [0.05, 0.1) is 13.2 Å². The number of carbonyl (C=O) groups is 1. The molecule has 1 aromatic rings. The van der Waals surface area contributed by atoms with Gasteiger partial charge in [-0.1, -0.05) is 31.3 Å². The van der Waals surface area contributed by atoms with E-state index in [0.717, 1.165) is 58.8 Å². The zero-order valence-electron chi connectivity index (χ0n) is 14.9. The van der Waals surface area contributed by atoms with Gasteiger partial charge in [-0.2, -0.15) is 0 Å². The van der Waals surface area contributed by atoms with Crippen LogP contribution in [0.3, 0.4) is 0 Å². The Balaban J connectivity index is 1.83. The van der Waals surface area contributed by atoms with Crippen LogP contribution < -0.4 is 5.32 Å². The van der Waals surface area contributed by atoms with E-state index in [-0.39, 0.29) is 6.03 Å². The lowest BCUT2D eigenvalue weighted by Gasteiger charge is -2.30. The number of nitrogens with one attached hydrogen (secondary N) is 1. The van der Waals surface area contributed by atoms with Crippen LogP contribution >= 0.6 is 0 Å². The molecular formula is C17H30N4O3. The highest BCUT2D eigenvalue weighted by atomic mass is 16.5. The Morgan fingerprint density at radius 2 is 2.08 bits per heavy atom. The normalized spacial score (nSPS) is 15.4. The lowest BCUT2D eigenvalue weighted by atomic mass is 10.2. The van der Waals surface area contributed by atoms with Gasteiger partial charge in [0.15, 0.2) is 5.82 Å². The van der Waals surface area contributed by atoms with Gasteiger partial charge in [-0.25, -0.2) is 4.79 Å². The molecular weight excluding hydrogens is 308 g/mol. The van der Waals surface area contributed by atoms with Gasteiger partial charge < -0.3 is 14.2 Å². The second-order valence-electron chi connectivity index (χ2n) is 6.25. The maximum absolute atomic E-state index is 12.5. The molecule has 0 aromatic carbocycles. The molecule has 0 radical (unpaired) electrons. The molecule has 1 fully saturated rings. The Kier molecular flexibility index (Phi) is 8.04. The van der Waals surface area contributed by atoms with Crippen molar-refractivity contribution in [2.45, 2.75) is 39.5 Å². The van der Waals surface area contributed by atoms with Gasteiger partial charge in [-0.15, -0.1) is 0 Å². The molecule has 0 saturated carbocycles. The first kappa shape index (κ1) is 18.7. The van der Waals surface area contributed by atoms with Crippen molar-refractivity contribution in [1.82, 2.24) is 15.0 Å². The molecule has 2 amide bonds. The molecule has 24 heavy (non-hydrogen) atoms. The minimum atomic E-state index is -0.104. The van der Waals surface area contributed by atoms with E-state index in [2.05, 4.69) is 22.3 Å². The lowest BCUT2D eigenvalue weighted by Crippen LogP contribution is -2.44. The fraction of sp³-hybridized carbons (Fsp3) is 0.765. The zero-order chi connectivity index (χ0) is 17.2. The SMILES string of the molecule is CCCCCCN(CCN1CCOCC1)C(=O)Nc1cc(C)on1. The van der Waals surface area contributed by atoms with E-state index in [0.29, 0.717) is 11.6 Å². The second-order valence-corrected chi connectivity index (χ2v) is 6.25. The Hall–Kier alpha value is -1.60. The number of aryl methyl sites for hydroxylation is 1. The number of anilines is 1. The molecule has 1 aromatic heterocycles. The Labute approximate surface area is 144 Å². The van der Waals surface area contributed by atoms with E-state index < -0.39 is 0 Å². The van der Waals surface area contributed by atoms with Crippen LogP contribution in [0.15, 0.2) is 10.6 Å². The first-order valence-electron chi connectivity index (χ1n) is 8.98. The van der Waals surface area contributed by atoms with Gasteiger partial charge in [-0.05, 0) is 13.3 Å². The molecule has 0 aliphatic carbocycles. The number of unbranched alkanes of at least 4 members (excludes halogenated alkanes) is 3. The third-order valence-electron chi connectivity index (χ3n) is 4.22. The average molecular weight is 338 g/mol. The summed E-state index contributed by atoms with van der Waals surface area (Å²) in [5.74, 6) is 1.16. The predicted octanol–water partition coefficient (Wildman–Crippen LogP) is 2.73. The Bertz CT molecular complexity index is 486. The van der Waals surface area contributed by atoms with Crippen molar-refractivity contribution < 1.29 is 14.1 Å². The predicted molar refractivity (Wildman–Crippen MR) is 93.2 cm³/mol. The number of aromatic nitrogens is 1. The topological polar surface area (TPSA) is 70.8 Å². The summed E-state index contributed by atoms with van der Waals surface area (Å²) in [5.41, 5.74) is 0. The first-order valence-corrected chi connectivity index (χ1v) is 8.98. The Morgan fingerprint density at radius 3 is 2.75 bits per heavy atom. The molecule has 1 N–H and O–H groups in total. The van der Waals surface area contributed by atoms with Crippen LogP contribution in [0.4, 0.5) is 10.6 Å². The smallest absolute Gasteiger partial charge is 0.323 e. The number of morpholine rings is 1. The molecule has 7 heteroatoms. The summed E-state index contributed by atoms with van der Waals surface area (Å²) < 4.78 is 10.4. The minimum absolute atomic E-state index is 0.104. The average Bonchev–Trinajstić information content (AvgIpc) is 3.00. The standard InChI is InChI=1S/C17H30N4O3/c1-3-4-5-6-7-21(9-8-20-10-12-23-13-11-20)17(22)18-16-14-15(2)24-19-16/h14H,3-13H2,1-2H3,(H,18,19,22). The lowest BCUT2D eigenvalue weighted by molar-refractivity contribution is 0.0351. The van der Waals surface area contributed by atoms with E-state index in [9.17, 15) is 4.79 Å². The van der Waals surface area contributed by atoms with Crippen molar-refractivity contribution in [3.05, 3.63) is 11.8 Å². The molecule has 1 saturated heterocycles. The van der Waals surface area contributed by atoms with Crippen molar-refractivity contribution in [2.75, 3.05) is 51.3 Å². The van der Waals surface area contributed by atoms with E-state index in [4.69, 9.17) is 9.26 Å². The van der Waals surface area contributed by atoms with E-state index in [1.54, 1.807) is 6.07 Å². The van der Waals surface area contributed by atoms with Gasteiger partial charge in [0.2, 0.25) is 0 Å². The summed E-state index contributed by atoms with van der Waals surface area (Å²) in [6.07, 6.45) is 4.59. The molecule has 0 unspecified atom stereocenters. The maximum atomic E-state index is 12.5. The molecule has 0 bridgehead atoms. The number of ether oxygens (including phenoxy) is 1. The fourth-order valence-corrected chi connectivity index (χ4v) is 2.75. The summed E-state index contributed by atoms with van der Waals surface area (Å²) in [6.45, 7) is 9.80. The fourth-order valence-electron chi connectivity index (χ4n) is 2.75. The van der Waals surface area contributed by atoms with Crippen LogP contribution in [0.2, 0.25) is 0 Å². The summed E-state index contributed by atoms with van der Waals surface area (Å²) >= 11 is 0. The molecule has 2 rings (SSSR count). The van der Waals surface area contributed by atoms with Gasteiger partial charge in [0, 0.05) is 38.8 Å². The molecule has 1 aliphatic heterocycles. The van der Waals surface area contributed by atoms with Crippen LogP contribution in [0.25, 0.3) is 0 Å². The van der Waals surface area contributed by atoms with Crippen LogP contribution in [0, 0.1) is 6.92 Å². The van der Waals surface area contributed by atoms with Gasteiger partial charge in [0.1, 0.15) is 5.76 Å². The van der Waals surface area contributed by atoms with Gasteiger partial charge >= 0.3 is 6.03 Å². The summed E-state index contributed by atoms with van der Waals surface area (Å²) in [6, 6.07) is 1.63. The maximum Gasteiger partial charge on any atom is 0.323 e. The highest BCUT2D eigenvalue weighted by molar-refractivity contribution is 5.88. The van der Waals surface area contributed by atoms with E-state index >= 15 is 0 Å². The number of carbonyl (C=O) groups excluding carboxylic acids is 1.